The van der Waals surface area contributed by atoms with Gasteiger partial charge in [-0.2, -0.15) is 0 Å². The van der Waals surface area contributed by atoms with E-state index in [-0.39, 0.29) is 11.8 Å². The number of benzene rings is 2. The summed E-state index contributed by atoms with van der Waals surface area (Å²) in [6, 6.07) is 22.0. The van der Waals surface area contributed by atoms with Crippen molar-refractivity contribution in [2.45, 2.75) is 69.4 Å². The molecule has 150 valence electrons. The third kappa shape index (κ3) is 3.90. The molecule has 1 saturated heterocycles. The summed E-state index contributed by atoms with van der Waals surface area (Å²) in [5.74, 6) is 0.423. The number of likely N-dealkylation sites (tertiary alicyclic amines) is 1. The van der Waals surface area contributed by atoms with E-state index in [1.807, 2.05) is 0 Å². The van der Waals surface area contributed by atoms with Crippen LogP contribution in [-0.2, 0) is 0 Å². The summed E-state index contributed by atoms with van der Waals surface area (Å²) in [6.07, 6.45) is 8.28. The van der Waals surface area contributed by atoms with E-state index in [1.165, 1.54) is 36.8 Å². The minimum absolute atomic E-state index is 0.148. The van der Waals surface area contributed by atoms with Gasteiger partial charge in [0, 0.05) is 17.9 Å². The Labute approximate surface area is 170 Å². The molecule has 4 rings (SSSR count). The van der Waals surface area contributed by atoms with E-state index in [0.29, 0.717) is 6.04 Å². The molecule has 2 nitrogen and oxygen atoms in total. The second kappa shape index (κ2) is 8.80. The summed E-state index contributed by atoms with van der Waals surface area (Å²) >= 11 is 0. The monoisotopic (exact) mass is 377 g/mol. The van der Waals surface area contributed by atoms with Crippen LogP contribution in [0.15, 0.2) is 60.7 Å². The summed E-state index contributed by atoms with van der Waals surface area (Å²) in [5, 5.41) is 12.2. The first-order valence-electron chi connectivity index (χ1n) is 11.3. The topological polar surface area (TPSA) is 23.5 Å². The van der Waals surface area contributed by atoms with Gasteiger partial charge in [-0.25, -0.2) is 0 Å². The van der Waals surface area contributed by atoms with Crippen LogP contribution in [0.2, 0.25) is 0 Å². The highest BCUT2D eigenvalue weighted by molar-refractivity contribution is 5.27. The fourth-order valence-electron chi connectivity index (χ4n) is 5.75. The van der Waals surface area contributed by atoms with Crippen molar-refractivity contribution in [1.29, 1.82) is 0 Å². The summed E-state index contributed by atoms with van der Waals surface area (Å²) in [5.41, 5.74) is 2.00. The van der Waals surface area contributed by atoms with Crippen LogP contribution in [0.4, 0.5) is 0 Å². The molecule has 0 spiro atoms. The van der Waals surface area contributed by atoms with Crippen LogP contribution in [0.5, 0.6) is 0 Å². The fraction of sp³-hybridized carbons (Fsp3) is 0.538. The zero-order valence-corrected chi connectivity index (χ0v) is 17.3. The van der Waals surface area contributed by atoms with E-state index in [4.69, 9.17) is 0 Å². The molecule has 4 atom stereocenters. The van der Waals surface area contributed by atoms with Gasteiger partial charge in [-0.1, -0.05) is 86.8 Å². The zero-order chi connectivity index (χ0) is 19.4. The maximum Gasteiger partial charge on any atom is 0.0759 e. The van der Waals surface area contributed by atoms with Crippen molar-refractivity contribution in [2.24, 2.45) is 5.92 Å². The number of rotatable bonds is 5. The molecular weight excluding hydrogens is 342 g/mol. The van der Waals surface area contributed by atoms with E-state index < -0.39 is 5.60 Å². The van der Waals surface area contributed by atoms with Crippen LogP contribution < -0.4 is 0 Å². The van der Waals surface area contributed by atoms with Crippen LogP contribution in [0.1, 0.15) is 75.0 Å². The second-order valence-electron chi connectivity index (χ2n) is 8.93. The van der Waals surface area contributed by atoms with Gasteiger partial charge in [0.15, 0.2) is 0 Å². The maximum absolute atomic E-state index is 12.2. The standard InChI is InChI=1S/C26H35NO/c1-21(22-13-5-2-6-14-22)26(28)18-10-9-17-24(26)25(23-15-7-3-8-16-23)27-19-11-4-12-20-27/h2-3,5-8,13-16,21,24-25,28H,4,9-12,17-20H2,1H3. The van der Waals surface area contributed by atoms with Gasteiger partial charge < -0.3 is 5.11 Å². The average Bonchev–Trinajstić information content (AvgIpc) is 2.77. The molecule has 0 amide bonds. The molecule has 1 aliphatic carbocycles. The maximum atomic E-state index is 12.2. The average molecular weight is 378 g/mol. The molecule has 4 unspecified atom stereocenters. The molecule has 2 aromatic rings. The molecule has 1 aliphatic heterocycles. The molecule has 2 aliphatic rings. The smallest absolute Gasteiger partial charge is 0.0759 e. The third-order valence-electron chi connectivity index (χ3n) is 7.34. The molecule has 28 heavy (non-hydrogen) atoms. The Kier molecular flexibility index (Phi) is 6.18. The largest absolute Gasteiger partial charge is 0.389 e. The van der Waals surface area contributed by atoms with E-state index in [0.717, 1.165) is 32.4 Å². The van der Waals surface area contributed by atoms with Crippen molar-refractivity contribution in [2.75, 3.05) is 13.1 Å². The van der Waals surface area contributed by atoms with Crippen LogP contribution >= 0.6 is 0 Å². The highest BCUT2D eigenvalue weighted by atomic mass is 16.3. The number of nitrogens with zero attached hydrogens (tertiary/aromatic N) is 1. The second-order valence-corrected chi connectivity index (χ2v) is 8.93. The Balaban J connectivity index is 1.72. The van der Waals surface area contributed by atoms with Gasteiger partial charge in [0.25, 0.3) is 0 Å². The van der Waals surface area contributed by atoms with Gasteiger partial charge >= 0.3 is 0 Å². The summed E-state index contributed by atoms with van der Waals surface area (Å²) in [6.45, 7) is 4.56. The molecule has 0 radical (unpaired) electrons. The van der Waals surface area contributed by atoms with Crippen molar-refractivity contribution in [3.63, 3.8) is 0 Å². The van der Waals surface area contributed by atoms with Gasteiger partial charge in [-0.15, -0.1) is 0 Å². The summed E-state index contributed by atoms with van der Waals surface area (Å²) in [4.78, 5) is 2.68. The lowest BCUT2D eigenvalue weighted by molar-refractivity contribution is -0.101. The Morgan fingerprint density at radius 3 is 2.07 bits per heavy atom. The molecule has 2 heteroatoms. The van der Waals surface area contributed by atoms with Crippen molar-refractivity contribution in [3.05, 3.63) is 71.8 Å². The van der Waals surface area contributed by atoms with Crippen molar-refractivity contribution >= 4 is 0 Å². The molecule has 1 heterocycles. The Hall–Kier alpha value is -1.64. The van der Waals surface area contributed by atoms with Crippen LogP contribution in [0.3, 0.4) is 0 Å². The highest BCUT2D eigenvalue weighted by Gasteiger charge is 2.48. The lowest BCUT2D eigenvalue weighted by Crippen LogP contribution is -2.52. The normalized spacial score (nSPS) is 28.6. The minimum atomic E-state index is -0.655. The van der Waals surface area contributed by atoms with Crippen LogP contribution in [0.25, 0.3) is 0 Å². The summed E-state index contributed by atoms with van der Waals surface area (Å²) in [7, 11) is 0. The predicted molar refractivity (Wildman–Crippen MR) is 116 cm³/mol. The fourth-order valence-corrected chi connectivity index (χ4v) is 5.75. The van der Waals surface area contributed by atoms with Gasteiger partial charge in [0.05, 0.1) is 5.60 Å². The van der Waals surface area contributed by atoms with E-state index in [1.54, 1.807) is 0 Å². The molecule has 0 bridgehead atoms. The number of piperidine rings is 1. The van der Waals surface area contributed by atoms with E-state index in [9.17, 15) is 5.11 Å². The van der Waals surface area contributed by atoms with Gasteiger partial charge in [0.1, 0.15) is 0 Å². The lowest BCUT2D eigenvalue weighted by atomic mass is 9.63. The molecular formula is C26H35NO. The molecule has 1 saturated carbocycles. The highest BCUT2D eigenvalue weighted by Crippen LogP contribution is 2.50. The Morgan fingerprint density at radius 1 is 0.821 bits per heavy atom. The van der Waals surface area contributed by atoms with Gasteiger partial charge in [0.2, 0.25) is 0 Å². The minimum Gasteiger partial charge on any atom is -0.389 e. The number of hydrogen-bond donors (Lipinski definition) is 1. The van der Waals surface area contributed by atoms with Crippen LogP contribution in [-0.4, -0.2) is 28.7 Å². The van der Waals surface area contributed by atoms with Gasteiger partial charge in [-0.05, 0) is 49.9 Å². The zero-order valence-electron chi connectivity index (χ0n) is 17.3. The van der Waals surface area contributed by atoms with E-state index >= 15 is 0 Å². The van der Waals surface area contributed by atoms with Gasteiger partial charge in [-0.3, -0.25) is 4.90 Å². The van der Waals surface area contributed by atoms with Crippen LogP contribution in [0, 0.1) is 5.92 Å². The number of aliphatic hydroxyl groups is 1. The van der Waals surface area contributed by atoms with Crippen molar-refractivity contribution in [3.8, 4) is 0 Å². The summed E-state index contributed by atoms with van der Waals surface area (Å²) < 4.78 is 0. The predicted octanol–water partition coefficient (Wildman–Crippen LogP) is 5.94. The number of hydrogen-bond acceptors (Lipinski definition) is 2. The third-order valence-corrected chi connectivity index (χ3v) is 7.34. The first-order chi connectivity index (χ1) is 13.7. The molecule has 1 N–H and O–H groups in total. The SMILES string of the molecule is CC(c1ccccc1)C1(O)CCCCC1C(c1ccccc1)N1CCCCC1. The van der Waals surface area contributed by atoms with Crippen molar-refractivity contribution < 1.29 is 5.11 Å². The molecule has 2 fully saturated rings. The molecule has 0 aromatic heterocycles. The van der Waals surface area contributed by atoms with E-state index in [2.05, 4.69) is 72.5 Å². The Morgan fingerprint density at radius 2 is 1.43 bits per heavy atom. The first kappa shape index (κ1) is 19.7. The Bertz CT molecular complexity index is 725. The first-order valence-corrected chi connectivity index (χ1v) is 11.3. The quantitative estimate of drug-likeness (QED) is 0.697. The van der Waals surface area contributed by atoms with Crippen molar-refractivity contribution in [1.82, 2.24) is 4.90 Å². The lowest BCUT2D eigenvalue weighted by Gasteiger charge is -2.51. The molecule has 2 aromatic carbocycles.